The highest BCUT2D eigenvalue weighted by molar-refractivity contribution is 5.99. The van der Waals surface area contributed by atoms with Crippen molar-refractivity contribution in [1.29, 1.82) is 0 Å². The van der Waals surface area contributed by atoms with Crippen LogP contribution in [0.25, 0.3) is 11.0 Å². The van der Waals surface area contributed by atoms with Gasteiger partial charge in [0.25, 0.3) is 5.91 Å². The van der Waals surface area contributed by atoms with Crippen molar-refractivity contribution in [2.45, 2.75) is 46.5 Å². The molecule has 1 aromatic carbocycles. The Bertz CT molecular complexity index is 708. The molecule has 0 saturated carbocycles. The van der Waals surface area contributed by atoms with Crippen LogP contribution in [0.3, 0.4) is 0 Å². The zero-order chi connectivity index (χ0) is 17.1. The molecule has 0 unspecified atom stereocenters. The molecule has 0 radical (unpaired) electrons. The molecule has 0 atom stereocenters. The van der Waals surface area contributed by atoms with E-state index in [1.807, 2.05) is 26.8 Å². The molecule has 4 nitrogen and oxygen atoms in total. The molecule has 24 heavy (non-hydrogen) atoms. The summed E-state index contributed by atoms with van der Waals surface area (Å²) in [5, 5.41) is 1.06. The number of fused-ring (bicyclic) bond motifs is 1. The van der Waals surface area contributed by atoms with Crippen molar-refractivity contribution in [2.24, 2.45) is 0 Å². The Labute approximate surface area is 144 Å². The van der Waals surface area contributed by atoms with Gasteiger partial charge in [-0.1, -0.05) is 12.8 Å². The topological polar surface area (TPSA) is 36.7 Å². The summed E-state index contributed by atoms with van der Waals surface area (Å²) in [4.78, 5) is 16.9. The molecule has 1 aromatic heterocycles. The fourth-order valence-electron chi connectivity index (χ4n) is 3.59. The number of hydrogen-bond acceptors (Lipinski definition) is 3. The molecule has 1 saturated heterocycles. The van der Waals surface area contributed by atoms with Crippen molar-refractivity contribution < 1.29 is 9.21 Å². The average molecular weight is 328 g/mol. The molecule has 1 aliphatic heterocycles. The van der Waals surface area contributed by atoms with E-state index in [4.69, 9.17) is 4.42 Å². The molecule has 2 heterocycles. The maximum Gasteiger partial charge on any atom is 0.289 e. The van der Waals surface area contributed by atoms with Gasteiger partial charge >= 0.3 is 0 Å². The molecular weight excluding hydrogens is 300 g/mol. The molecule has 0 N–H and O–H groups in total. The molecule has 1 aliphatic rings. The lowest BCUT2D eigenvalue weighted by Crippen LogP contribution is -2.30. The Morgan fingerprint density at radius 2 is 1.79 bits per heavy atom. The molecule has 2 aromatic rings. The van der Waals surface area contributed by atoms with Gasteiger partial charge in [-0.3, -0.25) is 4.79 Å². The Kier molecular flexibility index (Phi) is 5.12. The van der Waals surface area contributed by atoms with Crippen LogP contribution in [-0.4, -0.2) is 37.0 Å². The first kappa shape index (κ1) is 16.9. The van der Waals surface area contributed by atoms with E-state index >= 15 is 0 Å². The number of carbonyl (C=O) groups excluding carboxylic acids is 1. The largest absolute Gasteiger partial charge is 0.451 e. The average Bonchev–Trinajstić information content (AvgIpc) is 2.79. The summed E-state index contributed by atoms with van der Waals surface area (Å²) in [6.45, 7) is 9.62. The summed E-state index contributed by atoms with van der Waals surface area (Å²) < 4.78 is 5.90. The van der Waals surface area contributed by atoms with Crippen LogP contribution in [0.15, 0.2) is 22.6 Å². The van der Waals surface area contributed by atoms with Crippen LogP contribution < -0.4 is 4.90 Å². The SMILES string of the molecule is CCN(CC)C(=O)c1oc2ccc(N3CCCCCC3)cc2c1C. The lowest BCUT2D eigenvalue weighted by atomic mass is 10.1. The summed E-state index contributed by atoms with van der Waals surface area (Å²) in [5.74, 6) is 0.478. The summed E-state index contributed by atoms with van der Waals surface area (Å²) in [6, 6.07) is 6.34. The summed E-state index contributed by atoms with van der Waals surface area (Å²) in [7, 11) is 0. The van der Waals surface area contributed by atoms with Gasteiger partial charge in [-0.2, -0.15) is 0 Å². The van der Waals surface area contributed by atoms with Crippen LogP contribution in [0.4, 0.5) is 5.69 Å². The summed E-state index contributed by atoms with van der Waals surface area (Å²) >= 11 is 0. The lowest BCUT2D eigenvalue weighted by molar-refractivity contribution is 0.0742. The zero-order valence-corrected chi connectivity index (χ0v) is 15.1. The number of hydrogen-bond donors (Lipinski definition) is 0. The Morgan fingerprint density at radius 1 is 1.12 bits per heavy atom. The number of aryl methyl sites for hydroxylation is 1. The monoisotopic (exact) mass is 328 g/mol. The van der Waals surface area contributed by atoms with Gasteiger partial charge in [0.15, 0.2) is 5.76 Å². The van der Waals surface area contributed by atoms with E-state index in [0.717, 1.165) is 29.6 Å². The van der Waals surface area contributed by atoms with Gasteiger partial charge in [0.1, 0.15) is 5.58 Å². The van der Waals surface area contributed by atoms with E-state index in [1.54, 1.807) is 4.90 Å². The van der Waals surface area contributed by atoms with Gasteiger partial charge in [0, 0.05) is 42.8 Å². The number of amides is 1. The third-order valence-corrected chi connectivity index (χ3v) is 5.14. The number of anilines is 1. The predicted octanol–water partition coefficient (Wildman–Crippen LogP) is 4.60. The fourth-order valence-corrected chi connectivity index (χ4v) is 3.59. The minimum Gasteiger partial charge on any atom is -0.451 e. The molecule has 4 heteroatoms. The van der Waals surface area contributed by atoms with Gasteiger partial charge in [-0.15, -0.1) is 0 Å². The summed E-state index contributed by atoms with van der Waals surface area (Å²) in [5.41, 5.74) is 3.01. The minimum atomic E-state index is -0.00924. The second kappa shape index (κ2) is 7.29. The summed E-state index contributed by atoms with van der Waals surface area (Å²) in [6.07, 6.45) is 5.17. The molecule has 3 rings (SSSR count). The highest BCUT2D eigenvalue weighted by Crippen LogP contribution is 2.31. The fraction of sp³-hybridized carbons (Fsp3) is 0.550. The van der Waals surface area contributed by atoms with Crippen molar-refractivity contribution in [3.63, 3.8) is 0 Å². The molecule has 1 fully saturated rings. The molecular formula is C20H28N2O2. The number of benzene rings is 1. The van der Waals surface area contributed by atoms with Crippen molar-refractivity contribution in [2.75, 3.05) is 31.1 Å². The standard InChI is InChI=1S/C20H28N2O2/c1-4-21(5-2)20(23)19-15(3)17-14-16(10-11-18(17)24-19)22-12-8-6-7-9-13-22/h10-11,14H,4-9,12-13H2,1-3H3. The van der Waals surface area contributed by atoms with Gasteiger partial charge in [0.05, 0.1) is 0 Å². The van der Waals surface area contributed by atoms with Crippen LogP contribution >= 0.6 is 0 Å². The van der Waals surface area contributed by atoms with E-state index in [-0.39, 0.29) is 5.91 Å². The lowest BCUT2D eigenvalue weighted by Gasteiger charge is -2.22. The number of furan rings is 1. The molecule has 0 spiro atoms. The first-order chi connectivity index (χ1) is 11.7. The van der Waals surface area contributed by atoms with Crippen molar-refractivity contribution in [3.8, 4) is 0 Å². The van der Waals surface area contributed by atoms with Crippen LogP contribution in [0.2, 0.25) is 0 Å². The Morgan fingerprint density at radius 3 is 2.42 bits per heavy atom. The third-order valence-electron chi connectivity index (χ3n) is 5.14. The third kappa shape index (κ3) is 3.14. The van der Waals surface area contributed by atoms with Gasteiger partial charge in [0.2, 0.25) is 0 Å². The van der Waals surface area contributed by atoms with Crippen LogP contribution in [0.5, 0.6) is 0 Å². The Hall–Kier alpha value is -1.97. The van der Waals surface area contributed by atoms with E-state index < -0.39 is 0 Å². The molecule has 1 amide bonds. The van der Waals surface area contributed by atoms with Crippen molar-refractivity contribution in [3.05, 3.63) is 29.5 Å². The van der Waals surface area contributed by atoms with E-state index in [2.05, 4.69) is 17.0 Å². The molecule has 130 valence electrons. The first-order valence-electron chi connectivity index (χ1n) is 9.23. The van der Waals surface area contributed by atoms with Gasteiger partial charge in [-0.05, 0) is 51.8 Å². The van der Waals surface area contributed by atoms with Crippen molar-refractivity contribution >= 4 is 22.6 Å². The van der Waals surface area contributed by atoms with E-state index in [9.17, 15) is 4.79 Å². The van der Waals surface area contributed by atoms with E-state index in [0.29, 0.717) is 18.8 Å². The first-order valence-corrected chi connectivity index (χ1v) is 9.23. The minimum absolute atomic E-state index is 0.00924. The second-order valence-corrected chi connectivity index (χ2v) is 6.62. The second-order valence-electron chi connectivity index (χ2n) is 6.62. The smallest absolute Gasteiger partial charge is 0.289 e. The van der Waals surface area contributed by atoms with Crippen LogP contribution in [-0.2, 0) is 0 Å². The maximum absolute atomic E-state index is 12.7. The predicted molar refractivity (Wildman–Crippen MR) is 98.9 cm³/mol. The van der Waals surface area contributed by atoms with E-state index in [1.165, 1.54) is 31.4 Å². The molecule has 0 bridgehead atoms. The van der Waals surface area contributed by atoms with Gasteiger partial charge in [-0.25, -0.2) is 0 Å². The van der Waals surface area contributed by atoms with Crippen molar-refractivity contribution in [1.82, 2.24) is 4.90 Å². The Balaban J connectivity index is 1.95. The molecule has 0 aliphatic carbocycles. The van der Waals surface area contributed by atoms with Crippen LogP contribution in [0, 0.1) is 6.92 Å². The zero-order valence-electron chi connectivity index (χ0n) is 15.1. The quantitative estimate of drug-likeness (QED) is 0.823. The van der Waals surface area contributed by atoms with Gasteiger partial charge < -0.3 is 14.2 Å². The number of carbonyl (C=O) groups is 1. The number of nitrogens with zero attached hydrogens (tertiary/aromatic N) is 2. The highest BCUT2D eigenvalue weighted by Gasteiger charge is 2.22. The normalized spacial score (nSPS) is 15.5. The highest BCUT2D eigenvalue weighted by atomic mass is 16.3. The number of rotatable bonds is 4. The maximum atomic E-state index is 12.7. The van der Waals surface area contributed by atoms with Crippen LogP contribution in [0.1, 0.15) is 55.6 Å².